The molecular formula is C21H26N4OS. The van der Waals surface area contributed by atoms with E-state index >= 15 is 0 Å². The SMILES string of the molecule is CN1CCN(c2[nH]c(=S)nc3c2CCC2(CCCc4ccccc42)O3)CC1. The lowest BCUT2D eigenvalue weighted by Crippen LogP contribution is -2.46. The molecule has 1 aliphatic carbocycles. The zero-order valence-corrected chi connectivity index (χ0v) is 16.6. The van der Waals surface area contributed by atoms with Gasteiger partial charge in [0, 0.05) is 26.2 Å². The van der Waals surface area contributed by atoms with Crippen molar-refractivity contribution in [3.8, 4) is 5.88 Å². The van der Waals surface area contributed by atoms with E-state index in [2.05, 4.69) is 51.1 Å². The third kappa shape index (κ3) is 2.95. The fraction of sp³-hybridized carbons (Fsp3) is 0.524. The maximum absolute atomic E-state index is 6.69. The number of piperazine rings is 1. The van der Waals surface area contributed by atoms with Crippen molar-refractivity contribution >= 4 is 18.0 Å². The van der Waals surface area contributed by atoms with E-state index in [0.29, 0.717) is 4.77 Å². The first-order chi connectivity index (χ1) is 13.1. The lowest BCUT2D eigenvalue weighted by molar-refractivity contribution is 0.0199. The second kappa shape index (κ2) is 6.60. The first-order valence-corrected chi connectivity index (χ1v) is 10.4. The molecule has 3 aliphatic rings. The third-order valence-corrected chi connectivity index (χ3v) is 6.59. The summed E-state index contributed by atoms with van der Waals surface area (Å²) < 4.78 is 7.20. The van der Waals surface area contributed by atoms with Gasteiger partial charge in [-0.1, -0.05) is 24.3 Å². The second-order valence-corrected chi connectivity index (χ2v) is 8.46. The summed E-state index contributed by atoms with van der Waals surface area (Å²) in [7, 11) is 2.18. The van der Waals surface area contributed by atoms with Crippen molar-refractivity contribution in [2.45, 2.75) is 37.7 Å². The highest BCUT2D eigenvalue weighted by atomic mass is 32.1. The van der Waals surface area contributed by atoms with Crippen LogP contribution in [0.5, 0.6) is 5.88 Å². The largest absolute Gasteiger partial charge is 0.466 e. The van der Waals surface area contributed by atoms with Gasteiger partial charge in [-0.05, 0) is 62.5 Å². The number of nitrogens with zero attached hydrogens (tertiary/aromatic N) is 3. The Morgan fingerprint density at radius 1 is 1.11 bits per heavy atom. The molecule has 1 unspecified atom stereocenters. The summed E-state index contributed by atoms with van der Waals surface area (Å²) in [6, 6.07) is 8.75. The van der Waals surface area contributed by atoms with E-state index in [9.17, 15) is 0 Å². The predicted molar refractivity (Wildman–Crippen MR) is 109 cm³/mol. The van der Waals surface area contributed by atoms with Crippen molar-refractivity contribution < 1.29 is 4.74 Å². The number of rotatable bonds is 1. The Morgan fingerprint density at radius 2 is 1.93 bits per heavy atom. The van der Waals surface area contributed by atoms with Crippen LogP contribution in [0.25, 0.3) is 0 Å². The summed E-state index contributed by atoms with van der Waals surface area (Å²) in [6.45, 7) is 4.14. The Hall–Kier alpha value is -1.92. The molecule has 0 amide bonds. The van der Waals surface area contributed by atoms with Gasteiger partial charge in [-0.25, -0.2) is 0 Å². The van der Waals surface area contributed by atoms with Crippen LogP contribution >= 0.6 is 12.2 Å². The number of ether oxygens (including phenoxy) is 1. The molecule has 3 heterocycles. The van der Waals surface area contributed by atoms with Crippen LogP contribution < -0.4 is 9.64 Å². The Kier molecular flexibility index (Phi) is 4.20. The van der Waals surface area contributed by atoms with Gasteiger partial charge in [0.15, 0.2) is 0 Å². The zero-order valence-electron chi connectivity index (χ0n) is 15.8. The van der Waals surface area contributed by atoms with E-state index < -0.39 is 0 Å². The maximum Gasteiger partial charge on any atom is 0.223 e. The van der Waals surface area contributed by atoms with Gasteiger partial charge in [0.05, 0.1) is 5.56 Å². The third-order valence-electron chi connectivity index (χ3n) is 6.40. The minimum absolute atomic E-state index is 0.239. The molecule has 1 aromatic heterocycles. The number of benzene rings is 1. The molecular weight excluding hydrogens is 356 g/mol. The minimum atomic E-state index is -0.239. The van der Waals surface area contributed by atoms with Crippen molar-refractivity contribution in [1.82, 2.24) is 14.9 Å². The molecule has 5 rings (SSSR count). The average molecular weight is 383 g/mol. The van der Waals surface area contributed by atoms with E-state index in [1.165, 1.54) is 16.7 Å². The van der Waals surface area contributed by atoms with Gasteiger partial charge >= 0.3 is 0 Å². The molecule has 2 aromatic rings. The summed E-state index contributed by atoms with van der Waals surface area (Å²) in [5.74, 6) is 1.87. The molecule has 0 radical (unpaired) electrons. The fourth-order valence-electron chi connectivity index (χ4n) is 4.89. The van der Waals surface area contributed by atoms with Gasteiger partial charge in [-0.3, -0.25) is 0 Å². The summed E-state index contributed by atoms with van der Waals surface area (Å²) >= 11 is 5.46. The molecule has 0 bridgehead atoms. The summed E-state index contributed by atoms with van der Waals surface area (Å²) in [6.07, 6.45) is 5.34. The molecule has 1 saturated heterocycles. The van der Waals surface area contributed by atoms with Crippen molar-refractivity contribution in [2.75, 3.05) is 38.1 Å². The van der Waals surface area contributed by atoms with Crippen molar-refractivity contribution in [3.63, 3.8) is 0 Å². The van der Waals surface area contributed by atoms with Crippen molar-refractivity contribution in [1.29, 1.82) is 0 Å². The number of anilines is 1. The molecule has 1 atom stereocenters. The Bertz CT molecular complexity index is 919. The van der Waals surface area contributed by atoms with Gasteiger partial charge in [-0.15, -0.1) is 0 Å². The first-order valence-electron chi connectivity index (χ1n) is 9.99. The molecule has 0 saturated carbocycles. The van der Waals surface area contributed by atoms with Crippen LogP contribution in [0.2, 0.25) is 0 Å². The lowest BCUT2D eigenvalue weighted by atomic mass is 9.75. The Balaban J connectivity index is 1.53. The average Bonchev–Trinajstić information content (AvgIpc) is 2.68. The number of aromatic amines is 1. The van der Waals surface area contributed by atoms with Gasteiger partial charge in [-0.2, -0.15) is 4.98 Å². The number of aromatic nitrogens is 2. The first kappa shape index (κ1) is 17.2. The number of hydrogen-bond donors (Lipinski definition) is 1. The number of fused-ring (bicyclic) bond motifs is 3. The quantitative estimate of drug-likeness (QED) is 0.766. The zero-order chi connectivity index (χ0) is 18.4. The van der Waals surface area contributed by atoms with Crippen LogP contribution in [-0.2, 0) is 18.4 Å². The van der Waals surface area contributed by atoms with Crippen LogP contribution in [0, 0.1) is 4.77 Å². The minimum Gasteiger partial charge on any atom is -0.466 e. The number of likely N-dealkylation sites (N-methyl/N-ethyl adjacent to an activating group) is 1. The van der Waals surface area contributed by atoms with E-state index in [-0.39, 0.29) is 5.60 Å². The normalized spacial score (nSPS) is 25.0. The molecule has 1 N–H and O–H groups in total. The number of H-pyrrole nitrogens is 1. The standard InChI is InChI=1S/C21H26N4OS/c1-24-11-13-25(14-12-24)18-16-8-10-21(26-19(16)23-20(27)22-18)9-4-6-15-5-2-3-7-17(15)21/h2-3,5,7H,4,6,8-14H2,1H3,(H,22,23,27). The highest BCUT2D eigenvalue weighted by Crippen LogP contribution is 2.47. The second-order valence-electron chi connectivity index (χ2n) is 8.07. The van der Waals surface area contributed by atoms with Crippen LogP contribution in [0.4, 0.5) is 5.82 Å². The summed E-state index contributed by atoms with van der Waals surface area (Å²) in [5.41, 5.74) is 3.73. The van der Waals surface area contributed by atoms with E-state index in [0.717, 1.165) is 70.0 Å². The number of aryl methyl sites for hydroxylation is 1. The monoisotopic (exact) mass is 382 g/mol. The topological polar surface area (TPSA) is 44.4 Å². The van der Waals surface area contributed by atoms with E-state index in [1.807, 2.05) is 0 Å². The molecule has 142 valence electrons. The summed E-state index contributed by atoms with van der Waals surface area (Å²) in [5, 5.41) is 0. The van der Waals surface area contributed by atoms with E-state index in [1.54, 1.807) is 0 Å². The maximum atomic E-state index is 6.69. The fourth-order valence-corrected chi connectivity index (χ4v) is 5.07. The Labute approximate surface area is 165 Å². The van der Waals surface area contributed by atoms with Crippen molar-refractivity contribution in [2.24, 2.45) is 0 Å². The van der Waals surface area contributed by atoms with Gasteiger partial charge in [0.25, 0.3) is 0 Å². The molecule has 27 heavy (non-hydrogen) atoms. The molecule has 5 nitrogen and oxygen atoms in total. The number of hydrogen-bond acceptors (Lipinski definition) is 5. The number of nitrogens with one attached hydrogen (secondary N) is 1. The summed E-state index contributed by atoms with van der Waals surface area (Å²) in [4.78, 5) is 12.7. The molecule has 1 aromatic carbocycles. The molecule has 6 heteroatoms. The van der Waals surface area contributed by atoms with Crippen LogP contribution in [0.3, 0.4) is 0 Å². The van der Waals surface area contributed by atoms with E-state index in [4.69, 9.17) is 17.0 Å². The van der Waals surface area contributed by atoms with Gasteiger partial charge in [0.1, 0.15) is 11.4 Å². The smallest absolute Gasteiger partial charge is 0.223 e. The van der Waals surface area contributed by atoms with Crippen LogP contribution in [0.1, 0.15) is 36.0 Å². The van der Waals surface area contributed by atoms with Gasteiger partial charge < -0.3 is 19.5 Å². The lowest BCUT2D eigenvalue weighted by Gasteiger charge is -2.43. The van der Waals surface area contributed by atoms with Gasteiger partial charge in [0.2, 0.25) is 10.7 Å². The molecule has 1 fully saturated rings. The van der Waals surface area contributed by atoms with Crippen molar-refractivity contribution in [3.05, 3.63) is 45.7 Å². The predicted octanol–water partition coefficient (Wildman–Crippen LogP) is 3.45. The van der Waals surface area contributed by atoms with Crippen LogP contribution in [-0.4, -0.2) is 48.1 Å². The highest BCUT2D eigenvalue weighted by Gasteiger charge is 2.43. The van der Waals surface area contributed by atoms with Crippen LogP contribution in [0.15, 0.2) is 24.3 Å². The highest BCUT2D eigenvalue weighted by molar-refractivity contribution is 7.71. The Morgan fingerprint density at radius 3 is 2.78 bits per heavy atom. The molecule has 1 spiro atoms. The molecule has 2 aliphatic heterocycles.